The summed E-state index contributed by atoms with van der Waals surface area (Å²) in [7, 11) is 1.09. The number of methoxy groups -OCH3 is 2. The largest absolute Gasteiger partial charge is 0.493 e. The van der Waals surface area contributed by atoms with E-state index in [0.29, 0.717) is 47.8 Å². The van der Waals surface area contributed by atoms with Crippen LogP contribution in [0.15, 0.2) is 66.9 Å². The molecular weight excluding hydrogens is 568 g/mol. The third-order valence-corrected chi connectivity index (χ3v) is 9.76. The molecule has 0 aliphatic carbocycles. The van der Waals surface area contributed by atoms with Crippen molar-refractivity contribution < 1.29 is 27.8 Å². The van der Waals surface area contributed by atoms with Crippen LogP contribution in [0.4, 0.5) is 11.4 Å². The van der Waals surface area contributed by atoms with Crippen molar-refractivity contribution in [2.24, 2.45) is 0 Å². The number of anilines is 2. The Labute approximate surface area is 252 Å². The summed E-state index contributed by atoms with van der Waals surface area (Å²) in [6.45, 7) is 2.80. The standard InChI is InChI=1S/C32H38N4O6S/c1-5-36-20-22-14-15-43(39,40)35(2)26-17-23(18-27(36)30(22)26)32(38)34-25(16-21-10-7-6-8-11-21)28(37)19-33-24-12-9-13-29(41-3)31(24)42-4/h6-13,17-18,20,25,28,33,37H,5,14-16,19H2,1-4H3,(H,34,38)/t25-,28+/m0/s1. The lowest BCUT2D eigenvalue weighted by Gasteiger charge is -2.26. The quantitative estimate of drug-likeness (QED) is 0.237. The molecule has 2 heterocycles. The highest BCUT2D eigenvalue weighted by atomic mass is 32.2. The summed E-state index contributed by atoms with van der Waals surface area (Å²) in [6, 6.07) is 17.8. The van der Waals surface area contributed by atoms with Gasteiger partial charge in [-0.3, -0.25) is 9.10 Å². The molecule has 0 radical (unpaired) electrons. The Bertz CT molecular complexity index is 1720. The minimum Gasteiger partial charge on any atom is -0.493 e. The summed E-state index contributed by atoms with van der Waals surface area (Å²) < 4.78 is 40.1. The van der Waals surface area contributed by atoms with Crippen molar-refractivity contribution in [2.75, 3.05) is 43.2 Å². The lowest BCUT2D eigenvalue weighted by Crippen LogP contribution is -2.47. The van der Waals surface area contributed by atoms with E-state index in [0.717, 1.165) is 22.0 Å². The summed E-state index contributed by atoms with van der Waals surface area (Å²) in [5.74, 6) is 0.658. The molecule has 1 aliphatic heterocycles. The zero-order valence-corrected chi connectivity index (χ0v) is 25.6. The number of carbonyl (C=O) groups excluding carboxylic acids is 1. The molecule has 0 spiro atoms. The second-order valence-electron chi connectivity index (χ2n) is 10.6. The van der Waals surface area contributed by atoms with E-state index in [4.69, 9.17) is 9.47 Å². The van der Waals surface area contributed by atoms with E-state index in [1.807, 2.05) is 60.2 Å². The first-order chi connectivity index (χ1) is 20.7. The van der Waals surface area contributed by atoms with Crippen LogP contribution in [0.1, 0.15) is 28.4 Å². The lowest BCUT2D eigenvalue weighted by molar-refractivity contribution is 0.0851. The van der Waals surface area contributed by atoms with Gasteiger partial charge in [-0.2, -0.15) is 0 Å². The molecule has 1 aromatic heterocycles. The molecule has 0 unspecified atom stereocenters. The normalized spacial score (nSPS) is 15.4. The van der Waals surface area contributed by atoms with Gasteiger partial charge >= 0.3 is 0 Å². The zero-order chi connectivity index (χ0) is 30.7. The van der Waals surface area contributed by atoms with E-state index in [9.17, 15) is 18.3 Å². The molecule has 3 N–H and O–H groups in total. The Morgan fingerprint density at radius 2 is 1.84 bits per heavy atom. The van der Waals surface area contributed by atoms with Gasteiger partial charge in [0.1, 0.15) is 0 Å². The van der Waals surface area contributed by atoms with Crippen molar-refractivity contribution in [3.8, 4) is 11.5 Å². The molecule has 1 aliphatic rings. The number of carbonyl (C=O) groups is 1. The number of aryl methyl sites for hydroxylation is 2. The van der Waals surface area contributed by atoms with Crippen molar-refractivity contribution in [2.45, 2.75) is 38.5 Å². The second-order valence-corrected chi connectivity index (χ2v) is 12.7. The molecular formula is C32H38N4O6S. The smallest absolute Gasteiger partial charge is 0.251 e. The van der Waals surface area contributed by atoms with Gasteiger partial charge in [-0.15, -0.1) is 0 Å². The van der Waals surface area contributed by atoms with E-state index in [-0.39, 0.29) is 12.3 Å². The molecule has 228 valence electrons. The Hall–Kier alpha value is -4.22. The van der Waals surface area contributed by atoms with Crippen molar-refractivity contribution >= 4 is 38.2 Å². The van der Waals surface area contributed by atoms with Crippen LogP contribution >= 0.6 is 0 Å². The van der Waals surface area contributed by atoms with Crippen LogP contribution in [-0.2, 0) is 29.4 Å². The number of ether oxygens (including phenoxy) is 2. The highest BCUT2D eigenvalue weighted by Crippen LogP contribution is 2.37. The van der Waals surface area contributed by atoms with Crippen LogP contribution in [0.5, 0.6) is 11.5 Å². The number of benzene rings is 3. The third kappa shape index (κ3) is 6.14. The van der Waals surface area contributed by atoms with E-state index in [1.54, 1.807) is 32.4 Å². The van der Waals surface area contributed by atoms with E-state index in [2.05, 4.69) is 10.6 Å². The number of sulfonamides is 1. The summed E-state index contributed by atoms with van der Waals surface area (Å²) >= 11 is 0. The number of amides is 1. The highest BCUT2D eigenvalue weighted by molar-refractivity contribution is 7.92. The Kier molecular flexibility index (Phi) is 8.84. The monoisotopic (exact) mass is 606 g/mol. The molecule has 0 saturated carbocycles. The molecule has 0 fully saturated rings. The number of hydrogen-bond acceptors (Lipinski definition) is 7. The average Bonchev–Trinajstić information content (AvgIpc) is 3.35. The van der Waals surface area contributed by atoms with Gasteiger partial charge in [0.25, 0.3) is 5.91 Å². The molecule has 4 aromatic rings. The molecule has 5 rings (SSSR count). The van der Waals surface area contributed by atoms with E-state index >= 15 is 0 Å². The fourth-order valence-electron chi connectivity index (χ4n) is 5.63. The molecule has 43 heavy (non-hydrogen) atoms. The summed E-state index contributed by atoms with van der Waals surface area (Å²) in [5.41, 5.74) is 4.14. The van der Waals surface area contributed by atoms with E-state index < -0.39 is 28.1 Å². The van der Waals surface area contributed by atoms with Gasteiger partial charge < -0.3 is 29.8 Å². The maximum absolute atomic E-state index is 13.8. The fourth-order valence-corrected chi connectivity index (χ4v) is 6.83. The van der Waals surface area contributed by atoms with Crippen LogP contribution in [0.2, 0.25) is 0 Å². The van der Waals surface area contributed by atoms with Crippen LogP contribution in [0, 0.1) is 0 Å². The number of hydrogen-bond donors (Lipinski definition) is 3. The number of aliphatic hydroxyl groups excluding tert-OH is 1. The molecule has 10 nitrogen and oxygen atoms in total. The summed E-state index contributed by atoms with van der Waals surface area (Å²) in [6.07, 6.45) is 1.78. The van der Waals surface area contributed by atoms with Gasteiger partial charge in [0.15, 0.2) is 11.5 Å². The van der Waals surface area contributed by atoms with Gasteiger partial charge in [-0.25, -0.2) is 8.42 Å². The van der Waals surface area contributed by atoms with Gasteiger partial charge in [0, 0.05) is 37.3 Å². The predicted molar refractivity (Wildman–Crippen MR) is 169 cm³/mol. The molecule has 0 bridgehead atoms. The first-order valence-corrected chi connectivity index (χ1v) is 15.9. The minimum absolute atomic E-state index is 0.00104. The predicted octanol–water partition coefficient (Wildman–Crippen LogP) is 3.81. The van der Waals surface area contributed by atoms with Crippen LogP contribution < -0.4 is 24.4 Å². The van der Waals surface area contributed by atoms with Crippen molar-refractivity contribution in [3.05, 3.63) is 83.6 Å². The van der Waals surface area contributed by atoms with Gasteiger partial charge in [0.2, 0.25) is 10.0 Å². The molecule has 1 amide bonds. The number of aromatic nitrogens is 1. The Morgan fingerprint density at radius 1 is 1.07 bits per heavy atom. The maximum Gasteiger partial charge on any atom is 0.251 e. The molecule has 3 aromatic carbocycles. The molecule has 11 heteroatoms. The topological polar surface area (TPSA) is 122 Å². The number of rotatable bonds is 11. The fraction of sp³-hybridized carbons (Fsp3) is 0.344. The summed E-state index contributed by atoms with van der Waals surface area (Å²) in [5, 5.41) is 18.5. The van der Waals surface area contributed by atoms with Crippen LogP contribution in [0.3, 0.4) is 0 Å². The van der Waals surface area contributed by atoms with Crippen LogP contribution in [-0.4, -0.2) is 69.7 Å². The van der Waals surface area contributed by atoms with Gasteiger partial charge in [0.05, 0.1) is 49.0 Å². The summed E-state index contributed by atoms with van der Waals surface area (Å²) in [4.78, 5) is 13.8. The third-order valence-electron chi connectivity index (χ3n) is 8.01. The maximum atomic E-state index is 13.8. The number of nitrogens with zero attached hydrogens (tertiary/aromatic N) is 2. The number of nitrogens with one attached hydrogen (secondary N) is 2. The Morgan fingerprint density at radius 3 is 2.53 bits per heavy atom. The average molecular weight is 607 g/mol. The molecule has 0 saturated heterocycles. The molecule has 2 atom stereocenters. The number of aliphatic hydroxyl groups is 1. The SMILES string of the molecule is CCn1cc2c3c(cc(C(=O)N[C@@H](Cc4ccccc4)[C@H](O)CNc4cccc(OC)c4OC)cc31)N(C)S(=O)(=O)CC2. The van der Waals surface area contributed by atoms with Crippen molar-refractivity contribution in [3.63, 3.8) is 0 Å². The van der Waals surface area contributed by atoms with Crippen LogP contribution in [0.25, 0.3) is 10.9 Å². The van der Waals surface area contributed by atoms with Gasteiger partial charge in [-0.1, -0.05) is 36.4 Å². The lowest BCUT2D eigenvalue weighted by atomic mass is 9.99. The van der Waals surface area contributed by atoms with Crippen molar-refractivity contribution in [1.29, 1.82) is 0 Å². The zero-order valence-electron chi connectivity index (χ0n) is 24.8. The second kappa shape index (κ2) is 12.6. The first-order valence-electron chi connectivity index (χ1n) is 14.3. The van der Waals surface area contributed by atoms with Crippen molar-refractivity contribution in [1.82, 2.24) is 9.88 Å². The minimum atomic E-state index is -3.54. The van der Waals surface area contributed by atoms with Gasteiger partial charge in [-0.05, 0) is 55.2 Å². The Balaban J connectivity index is 1.46. The highest BCUT2D eigenvalue weighted by Gasteiger charge is 2.30. The first kappa shape index (κ1) is 30.2. The van der Waals surface area contributed by atoms with E-state index in [1.165, 1.54) is 11.4 Å². The number of para-hydroxylation sites is 1.